The zero-order valence-corrected chi connectivity index (χ0v) is 10.7. The Labute approximate surface area is 106 Å². The molecule has 0 saturated heterocycles. The van der Waals surface area contributed by atoms with Crippen molar-refractivity contribution in [3.8, 4) is 11.5 Å². The van der Waals surface area contributed by atoms with E-state index in [0.717, 1.165) is 23.5 Å². The average Bonchev–Trinajstić information content (AvgIpc) is 2.38. The number of benzene rings is 1. The molecule has 0 aromatic heterocycles. The van der Waals surface area contributed by atoms with Crippen molar-refractivity contribution in [1.82, 2.24) is 5.32 Å². The molecule has 2 rings (SSSR count). The van der Waals surface area contributed by atoms with E-state index in [1.54, 1.807) is 7.11 Å². The molecule has 0 saturated carbocycles. The number of fused-ring (bicyclic) bond motifs is 1. The highest BCUT2D eigenvalue weighted by Crippen LogP contribution is 2.38. The summed E-state index contributed by atoms with van der Waals surface area (Å²) in [6, 6.07) is 3.71. The van der Waals surface area contributed by atoms with Gasteiger partial charge in [-0.15, -0.1) is 0 Å². The zero-order valence-electron chi connectivity index (χ0n) is 10.7. The van der Waals surface area contributed by atoms with Crippen molar-refractivity contribution in [3.05, 3.63) is 17.7 Å². The molecule has 1 amide bonds. The van der Waals surface area contributed by atoms with Crippen molar-refractivity contribution in [2.24, 2.45) is 0 Å². The maximum absolute atomic E-state index is 11.4. The number of hydrogen-bond donors (Lipinski definition) is 2. The number of hydrogen-bond acceptors (Lipinski definition) is 4. The topological polar surface area (TPSA) is 59.6 Å². The van der Waals surface area contributed by atoms with E-state index in [0.29, 0.717) is 25.2 Å². The summed E-state index contributed by atoms with van der Waals surface area (Å²) < 4.78 is 11.0. The van der Waals surface area contributed by atoms with Gasteiger partial charge in [0.25, 0.3) is 0 Å². The van der Waals surface area contributed by atoms with E-state index < -0.39 is 0 Å². The van der Waals surface area contributed by atoms with Gasteiger partial charge in [-0.3, -0.25) is 4.79 Å². The Kier molecular flexibility index (Phi) is 4.04. The Bertz CT molecular complexity index is 446. The van der Waals surface area contributed by atoms with Crippen LogP contribution in [-0.2, 0) is 11.2 Å². The predicted molar refractivity (Wildman–Crippen MR) is 69.4 cm³/mol. The van der Waals surface area contributed by atoms with Crippen LogP contribution in [0.25, 0.3) is 0 Å². The molecule has 0 radical (unpaired) electrons. The third kappa shape index (κ3) is 2.56. The van der Waals surface area contributed by atoms with Crippen molar-refractivity contribution < 1.29 is 14.3 Å². The SMILES string of the molecule is CNCCOc1ccc(OC)c2c1CCC(=O)N2. The number of carbonyl (C=O) groups excluding carboxylic acids is 1. The number of amides is 1. The summed E-state index contributed by atoms with van der Waals surface area (Å²) in [6.45, 7) is 1.39. The van der Waals surface area contributed by atoms with Gasteiger partial charge in [-0.05, 0) is 25.6 Å². The minimum atomic E-state index is 0.0215. The second-order valence-electron chi connectivity index (χ2n) is 4.12. The summed E-state index contributed by atoms with van der Waals surface area (Å²) in [5, 5.41) is 5.88. The van der Waals surface area contributed by atoms with E-state index in [9.17, 15) is 4.79 Å². The van der Waals surface area contributed by atoms with E-state index in [-0.39, 0.29) is 5.91 Å². The van der Waals surface area contributed by atoms with Crippen molar-refractivity contribution in [2.75, 3.05) is 32.6 Å². The van der Waals surface area contributed by atoms with E-state index in [1.807, 2.05) is 19.2 Å². The molecule has 1 heterocycles. The molecule has 0 spiro atoms. The van der Waals surface area contributed by atoms with Gasteiger partial charge in [0.2, 0.25) is 5.91 Å². The highest BCUT2D eigenvalue weighted by Gasteiger charge is 2.22. The lowest BCUT2D eigenvalue weighted by atomic mass is 10.0. The minimum Gasteiger partial charge on any atom is -0.495 e. The number of ether oxygens (including phenoxy) is 2. The van der Waals surface area contributed by atoms with Crippen LogP contribution in [0.15, 0.2) is 12.1 Å². The highest BCUT2D eigenvalue weighted by atomic mass is 16.5. The van der Waals surface area contributed by atoms with Crippen molar-refractivity contribution in [1.29, 1.82) is 0 Å². The van der Waals surface area contributed by atoms with Crippen molar-refractivity contribution in [2.45, 2.75) is 12.8 Å². The fraction of sp³-hybridized carbons (Fsp3) is 0.462. The molecule has 5 nitrogen and oxygen atoms in total. The second kappa shape index (κ2) is 5.73. The molecule has 1 aliphatic rings. The van der Waals surface area contributed by atoms with Crippen LogP contribution in [0.3, 0.4) is 0 Å². The first kappa shape index (κ1) is 12.7. The summed E-state index contributed by atoms with van der Waals surface area (Å²) in [5.41, 5.74) is 1.76. The summed E-state index contributed by atoms with van der Waals surface area (Å²) >= 11 is 0. The van der Waals surface area contributed by atoms with Gasteiger partial charge in [0.1, 0.15) is 18.1 Å². The molecular formula is C13H18N2O3. The Morgan fingerprint density at radius 1 is 1.33 bits per heavy atom. The van der Waals surface area contributed by atoms with Gasteiger partial charge in [-0.25, -0.2) is 0 Å². The number of likely N-dealkylation sites (N-methyl/N-ethyl adjacent to an activating group) is 1. The predicted octanol–water partition coefficient (Wildman–Crippen LogP) is 1.18. The van der Waals surface area contributed by atoms with Crippen molar-refractivity contribution in [3.63, 3.8) is 0 Å². The first-order valence-electron chi connectivity index (χ1n) is 6.03. The van der Waals surface area contributed by atoms with E-state index in [2.05, 4.69) is 10.6 Å². The molecule has 0 atom stereocenters. The molecule has 1 aromatic carbocycles. The van der Waals surface area contributed by atoms with Gasteiger partial charge >= 0.3 is 0 Å². The van der Waals surface area contributed by atoms with E-state index in [1.165, 1.54) is 0 Å². The van der Waals surface area contributed by atoms with Crippen molar-refractivity contribution >= 4 is 11.6 Å². The number of rotatable bonds is 5. The molecule has 98 valence electrons. The lowest BCUT2D eigenvalue weighted by molar-refractivity contribution is -0.116. The Morgan fingerprint density at radius 2 is 2.11 bits per heavy atom. The summed E-state index contributed by atoms with van der Waals surface area (Å²) in [6.07, 6.45) is 1.18. The normalized spacial score (nSPS) is 13.8. The van der Waals surface area contributed by atoms with Crippen LogP contribution in [-0.4, -0.2) is 33.2 Å². The summed E-state index contributed by atoms with van der Waals surface area (Å²) in [4.78, 5) is 11.4. The first-order chi connectivity index (χ1) is 8.76. The molecule has 0 bridgehead atoms. The first-order valence-corrected chi connectivity index (χ1v) is 6.03. The fourth-order valence-electron chi connectivity index (χ4n) is 2.00. The minimum absolute atomic E-state index is 0.0215. The number of nitrogens with one attached hydrogen (secondary N) is 2. The molecule has 5 heteroatoms. The van der Waals surface area contributed by atoms with Crippen LogP contribution in [0.4, 0.5) is 5.69 Å². The monoisotopic (exact) mass is 250 g/mol. The number of anilines is 1. The Balaban J connectivity index is 2.26. The largest absolute Gasteiger partial charge is 0.495 e. The molecule has 2 N–H and O–H groups in total. The zero-order chi connectivity index (χ0) is 13.0. The Morgan fingerprint density at radius 3 is 2.83 bits per heavy atom. The average molecular weight is 250 g/mol. The van der Waals surface area contributed by atoms with Crippen LogP contribution in [0.2, 0.25) is 0 Å². The van der Waals surface area contributed by atoms with Crippen LogP contribution >= 0.6 is 0 Å². The second-order valence-corrected chi connectivity index (χ2v) is 4.12. The van der Waals surface area contributed by atoms with E-state index in [4.69, 9.17) is 9.47 Å². The third-order valence-corrected chi connectivity index (χ3v) is 2.93. The van der Waals surface area contributed by atoms with Gasteiger partial charge in [-0.1, -0.05) is 0 Å². The van der Waals surface area contributed by atoms with Gasteiger partial charge < -0.3 is 20.1 Å². The fourth-order valence-corrected chi connectivity index (χ4v) is 2.00. The summed E-state index contributed by atoms with van der Waals surface area (Å²) in [5.74, 6) is 1.52. The summed E-state index contributed by atoms with van der Waals surface area (Å²) in [7, 11) is 3.48. The molecule has 1 aromatic rings. The lowest BCUT2D eigenvalue weighted by Gasteiger charge is -2.22. The maximum atomic E-state index is 11.4. The smallest absolute Gasteiger partial charge is 0.224 e. The van der Waals surface area contributed by atoms with Gasteiger partial charge in [0.05, 0.1) is 12.8 Å². The molecular weight excluding hydrogens is 232 g/mol. The number of methoxy groups -OCH3 is 1. The highest BCUT2D eigenvalue weighted by molar-refractivity contribution is 5.96. The Hall–Kier alpha value is -1.75. The van der Waals surface area contributed by atoms with E-state index >= 15 is 0 Å². The molecule has 0 fully saturated rings. The van der Waals surface area contributed by atoms with Gasteiger partial charge in [-0.2, -0.15) is 0 Å². The van der Waals surface area contributed by atoms with Gasteiger partial charge in [0.15, 0.2) is 0 Å². The van der Waals surface area contributed by atoms with Crippen LogP contribution < -0.4 is 20.1 Å². The molecule has 0 aliphatic carbocycles. The van der Waals surface area contributed by atoms with Crippen LogP contribution in [0, 0.1) is 0 Å². The van der Waals surface area contributed by atoms with Crippen LogP contribution in [0.1, 0.15) is 12.0 Å². The third-order valence-electron chi connectivity index (χ3n) is 2.93. The molecule has 0 unspecified atom stereocenters. The number of carbonyl (C=O) groups is 1. The maximum Gasteiger partial charge on any atom is 0.224 e. The molecule has 18 heavy (non-hydrogen) atoms. The standard InChI is InChI=1S/C13H18N2O3/c1-14-7-8-18-10-4-5-11(17-2)13-9(10)3-6-12(16)15-13/h4-5,14H,3,6-8H2,1-2H3,(H,15,16). The van der Waals surface area contributed by atoms with Gasteiger partial charge in [0, 0.05) is 18.5 Å². The lowest BCUT2D eigenvalue weighted by Crippen LogP contribution is -2.21. The molecule has 1 aliphatic heterocycles. The quantitative estimate of drug-likeness (QED) is 0.770. The van der Waals surface area contributed by atoms with Crippen LogP contribution in [0.5, 0.6) is 11.5 Å².